The topological polar surface area (TPSA) is 104 Å². The van der Waals surface area contributed by atoms with E-state index in [2.05, 4.69) is 4.98 Å². The highest BCUT2D eigenvalue weighted by molar-refractivity contribution is 6.09. The van der Waals surface area contributed by atoms with E-state index in [1.165, 1.54) is 18.5 Å². The first-order valence-electron chi connectivity index (χ1n) is 7.76. The molecule has 0 saturated carbocycles. The predicted molar refractivity (Wildman–Crippen MR) is 91.8 cm³/mol. The molecule has 0 bridgehead atoms. The van der Waals surface area contributed by atoms with Crippen LogP contribution in [0.4, 0.5) is 5.69 Å². The molecule has 0 aliphatic rings. The fourth-order valence-corrected chi connectivity index (χ4v) is 2.85. The lowest BCUT2D eigenvalue weighted by Crippen LogP contribution is -2.21. The lowest BCUT2D eigenvalue weighted by molar-refractivity contribution is -0.382. The Balaban J connectivity index is 2.53. The largest absolute Gasteiger partial charge is 0.462 e. The number of fused-ring (bicyclic) bond motifs is 3. The fraction of sp³-hybridized carbons (Fsp3) is 0.235. The summed E-state index contributed by atoms with van der Waals surface area (Å²) < 4.78 is 6.60. The van der Waals surface area contributed by atoms with Gasteiger partial charge in [-0.25, -0.2) is 4.79 Å². The van der Waals surface area contributed by atoms with Gasteiger partial charge in [-0.05, 0) is 26.0 Å². The highest BCUT2D eigenvalue weighted by atomic mass is 16.6. The van der Waals surface area contributed by atoms with Crippen LogP contribution in [0.15, 0.2) is 35.4 Å². The van der Waals surface area contributed by atoms with Gasteiger partial charge >= 0.3 is 5.97 Å². The molecule has 128 valence electrons. The molecule has 0 atom stereocenters. The summed E-state index contributed by atoms with van der Waals surface area (Å²) in [5, 5.41) is 11.8. The van der Waals surface area contributed by atoms with E-state index in [1.54, 1.807) is 23.6 Å². The molecule has 0 fully saturated rings. The van der Waals surface area contributed by atoms with Crippen LogP contribution in [-0.4, -0.2) is 27.1 Å². The minimum Gasteiger partial charge on any atom is -0.462 e. The van der Waals surface area contributed by atoms with Crippen LogP contribution in [0.2, 0.25) is 0 Å². The van der Waals surface area contributed by atoms with E-state index >= 15 is 0 Å². The van der Waals surface area contributed by atoms with E-state index in [9.17, 15) is 19.7 Å². The average Bonchev–Trinajstić information content (AvgIpc) is 2.61. The fourth-order valence-electron chi connectivity index (χ4n) is 2.85. The third kappa shape index (κ3) is 2.61. The van der Waals surface area contributed by atoms with Crippen molar-refractivity contribution in [2.75, 3.05) is 6.61 Å². The molecule has 8 heteroatoms. The SMILES string of the molecule is CCOC(=O)c1cn(CC)c2c(cc([N+](=O)[O-])c3cccnc32)c1=O. The first-order valence-corrected chi connectivity index (χ1v) is 7.76. The van der Waals surface area contributed by atoms with E-state index < -0.39 is 16.3 Å². The zero-order valence-electron chi connectivity index (χ0n) is 13.7. The molecule has 3 rings (SSSR count). The maximum atomic E-state index is 12.8. The Labute approximate surface area is 141 Å². The van der Waals surface area contributed by atoms with Gasteiger partial charge in [-0.15, -0.1) is 0 Å². The third-order valence-corrected chi connectivity index (χ3v) is 3.94. The molecule has 0 saturated heterocycles. The van der Waals surface area contributed by atoms with Gasteiger partial charge in [0.15, 0.2) is 0 Å². The van der Waals surface area contributed by atoms with Crippen LogP contribution < -0.4 is 5.43 Å². The van der Waals surface area contributed by atoms with Gasteiger partial charge < -0.3 is 9.30 Å². The van der Waals surface area contributed by atoms with Crippen molar-refractivity contribution in [2.24, 2.45) is 0 Å². The summed E-state index contributed by atoms with van der Waals surface area (Å²) in [5.41, 5.74) is -0.172. The number of aryl methyl sites for hydroxylation is 1. The highest BCUT2D eigenvalue weighted by Crippen LogP contribution is 2.30. The van der Waals surface area contributed by atoms with Crippen LogP contribution >= 0.6 is 0 Å². The Hall–Kier alpha value is -3.29. The second-order valence-electron chi connectivity index (χ2n) is 5.33. The van der Waals surface area contributed by atoms with Gasteiger partial charge in [0.25, 0.3) is 5.69 Å². The number of rotatable bonds is 4. The van der Waals surface area contributed by atoms with Gasteiger partial charge in [0, 0.05) is 25.0 Å². The molecule has 0 radical (unpaired) electrons. The third-order valence-electron chi connectivity index (χ3n) is 3.94. The Morgan fingerprint density at radius 2 is 2.12 bits per heavy atom. The van der Waals surface area contributed by atoms with Gasteiger partial charge in [-0.3, -0.25) is 19.9 Å². The Bertz CT molecular complexity index is 1070. The molecule has 1 aromatic carbocycles. The lowest BCUT2D eigenvalue weighted by atomic mass is 10.1. The van der Waals surface area contributed by atoms with Gasteiger partial charge in [0.2, 0.25) is 5.43 Å². The van der Waals surface area contributed by atoms with Gasteiger partial charge in [-0.1, -0.05) is 0 Å². The summed E-state index contributed by atoms with van der Waals surface area (Å²) in [7, 11) is 0. The average molecular weight is 341 g/mol. The van der Waals surface area contributed by atoms with Crippen molar-refractivity contribution in [1.29, 1.82) is 0 Å². The number of carbonyl (C=O) groups is 1. The molecule has 2 aromatic heterocycles. The number of nitrogens with zero attached hydrogens (tertiary/aromatic N) is 3. The number of nitro benzene ring substituents is 1. The van der Waals surface area contributed by atoms with E-state index in [-0.39, 0.29) is 23.2 Å². The number of pyridine rings is 2. The zero-order valence-corrected chi connectivity index (χ0v) is 13.7. The van der Waals surface area contributed by atoms with Crippen molar-refractivity contribution >= 4 is 33.5 Å². The predicted octanol–water partition coefficient (Wildman–Crippen LogP) is 2.65. The van der Waals surface area contributed by atoms with Crippen LogP contribution in [0.3, 0.4) is 0 Å². The maximum Gasteiger partial charge on any atom is 0.343 e. The van der Waals surface area contributed by atoms with Crippen molar-refractivity contribution in [3.8, 4) is 0 Å². The summed E-state index contributed by atoms with van der Waals surface area (Å²) in [6.07, 6.45) is 2.93. The quantitative estimate of drug-likeness (QED) is 0.313. The lowest BCUT2D eigenvalue weighted by Gasteiger charge is -2.13. The number of ether oxygens (including phenoxy) is 1. The second-order valence-corrected chi connectivity index (χ2v) is 5.33. The molecule has 0 unspecified atom stereocenters. The molecule has 8 nitrogen and oxygen atoms in total. The van der Waals surface area contributed by atoms with Crippen molar-refractivity contribution in [3.63, 3.8) is 0 Å². The Morgan fingerprint density at radius 1 is 1.36 bits per heavy atom. The number of aromatic nitrogens is 2. The van der Waals surface area contributed by atoms with Crippen LogP contribution in [0.5, 0.6) is 0 Å². The molecular weight excluding hydrogens is 326 g/mol. The number of esters is 1. The molecule has 25 heavy (non-hydrogen) atoms. The molecule has 0 spiro atoms. The molecule has 0 N–H and O–H groups in total. The Kier molecular flexibility index (Phi) is 4.18. The van der Waals surface area contributed by atoms with Crippen molar-refractivity contribution < 1.29 is 14.5 Å². The minimum atomic E-state index is -0.750. The van der Waals surface area contributed by atoms with E-state index in [4.69, 9.17) is 4.74 Å². The number of nitro groups is 1. The van der Waals surface area contributed by atoms with Gasteiger partial charge in [0.1, 0.15) is 11.1 Å². The molecule has 0 aliphatic carbocycles. The highest BCUT2D eigenvalue weighted by Gasteiger charge is 2.22. The van der Waals surface area contributed by atoms with Crippen molar-refractivity contribution in [3.05, 3.63) is 56.5 Å². The van der Waals surface area contributed by atoms with Gasteiger partial charge in [0.05, 0.1) is 27.8 Å². The normalized spacial score (nSPS) is 11.0. The van der Waals surface area contributed by atoms with E-state index in [1.807, 2.05) is 6.92 Å². The molecule has 2 heterocycles. The first kappa shape index (κ1) is 16.6. The van der Waals surface area contributed by atoms with Crippen LogP contribution in [0, 0.1) is 10.1 Å². The summed E-state index contributed by atoms with van der Waals surface area (Å²) in [4.78, 5) is 39.9. The van der Waals surface area contributed by atoms with E-state index in [0.717, 1.165) is 0 Å². The van der Waals surface area contributed by atoms with Crippen molar-refractivity contribution in [2.45, 2.75) is 20.4 Å². The van der Waals surface area contributed by atoms with Crippen LogP contribution in [-0.2, 0) is 11.3 Å². The van der Waals surface area contributed by atoms with Crippen LogP contribution in [0.1, 0.15) is 24.2 Å². The molecule has 0 amide bonds. The summed E-state index contributed by atoms with van der Waals surface area (Å²) >= 11 is 0. The summed E-state index contributed by atoms with van der Waals surface area (Å²) in [6, 6.07) is 4.39. The van der Waals surface area contributed by atoms with Gasteiger partial charge in [-0.2, -0.15) is 0 Å². The standard InChI is InChI=1S/C17H15N3O5/c1-3-19-9-12(17(22)25-4-2)16(21)11-8-13(20(23)24)10-6-5-7-18-14(10)15(11)19/h5-9H,3-4H2,1-2H3. The first-order chi connectivity index (χ1) is 12.0. The monoisotopic (exact) mass is 341 g/mol. The molecular formula is C17H15N3O5. The van der Waals surface area contributed by atoms with Crippen LogP contribution in [0.25, 0.3) is 21.8 Å². The number of hydrogen-bond acceptors (Lipinski definition) is 6. The summed E-state index contributed by atoms with van der Waals surface area (Å²) in [6.45, 7) is 4.06. The smallest absolute Gasteiger partial charge is 0.343 e. The number of carbonyl (C=O) groups excluding carboxylic acids is 1. The van der Waals surface area contributed by atoms with Crippen molar-refractivity contribution in [1.82, 2.24) is 9.55 Å². The zero-order chi connectivity index (χ0) is 18.1. The molecule has 3 aromatic rings. The Morgan fingerprint density at radius 3 is 2.76 bits per heavy atom. The maximum absolute atomic E-state index is 12.8. The second kappa shape index (κ2) is 6.31. The van der Waals surface area contributed by atoms with E-state index in [0.29, 0.717) is 23.0 Å². The number of benzene rings is 1. The minimum absolute atomic E-state index is 0.0744. The number of hydrogen-bond donors (Lipinski definition) is 0. The number of non-ortho nitro benzene ring substituents is 1. The summed E-state index contributed by atoms with van der Waals surface area (Å²) in [5.74, 6) is -0.750. The molecule has 0 aliphatic heterocycles.